The Balaban J connectivity index is 2.78. The number of nitrogens with one attached hydrogen (secondary N) is 1. The fourth-order valence-corrected chi connectivity index (χ4v) is 1.33. The molecule has 0 atom stereocenters. The summed E-state index contributed by atoms with van der Waals surface area (Å²) in [5, 5.41) is 17.2. The predicted molar refractivity (Wildman–Crippen MR) is 47.1 cm³/mol. The van der Waals surface area contributed by atoms with Crippen LogP contribution in [-0.2, 0) is 6.42 Å². The zero-order valence-electron chi connectivity index (χ0n) is 6.83. The maximum Gasteiger partial charge on any atom is 0.144 e. The van der Waals surface area contributed by atoms with E-state index < -0.39 is 0 Å². The number of rotatable bonds is 1. The minimum absolute atomic E-state index is 0.326. The Morgan fingerprint density at radius 1 is 1.50 bits per heavy atom. The molecule has 1 aromatic carbocycles. The van der Waals surface area contributed by atoms with E-state index in [1.165, 1.54) is 0 Å². The van der Waals surface area contributed by atoms with Crippen molar-refractivity contribution >= 4 is 10.9 Å². The van der Waals surface area contributed by atoms with Crippen LogP contribution in [0.4, 0.5) is 0 Å². The standard InChI is InChI=1S/C9H10N2O/c1-2-6-3-4-7-5-10-11-8(7)9(6)12/h3-5,12H,2H2,1H3,(H,10,11). The van der Waals surface area contributed by atoms with Gasteiger partial charge in [0, 0.05) is 5.39 Å². The van der Waals surface area contributed by atoms with E-state index in [2.05, 4.69) is 10.2 Å². The summed E-state index contributed by atoms with van der Waals surface area (Å²) in [5.41, 5.74) is 1.68. The fraction of sp³-hybridized carbons (Fsp3) is 0.222. The highest BCUT2D eigenvalue weighted by molar-refractivity contribution is 5.84. The Bertz CT molecular complexity index is 406. The molecule has 1 heterocycles. The van der Waals surface area contributed by atoms with Crippen LogP contribution in [0.1, 0.15) is 12.5 Å². The molecule has 2 aromatic rings. The summed E-state index contributed by atoms with van der Waals surface area (Å²) in [6.07, 6.45) is 2.54. The van der Waals surface area contributed by atoms with Gasteiger partial charge in [0.15, 0.2) is 0 Å². The van der Waals surface area contributed by atoms with Gasteiger partial charge in [0.05, 0.1) is 6.20 Å². The molecular formula is C9H10N2O. The van der Waals surface area contributed by atoms with Gasteiger partial charge in [-0.05, 0) is 12.0 Å². The third-order valence-electron chi connectivity index (χ3n) is 2.05. The first-order valence-corrected chi connectivity index (χ1v) is 3.97. The zero-order chi connectivity index (χ0) is 8.55. The third kappa shape index (κ3) is 0.863. The lowest BCUT2D eigenvalue weighted by atomic mass is 10.1. The molecular weight excluding hydrogens is 152 g/mol. The number of aromatic amines is 1. The van der Waals surface area contributed by atoms with Crippen LogP contribution < -0.4 is 0 Å². The zero-order valence-corrected chi connectivity index (χ0v) is 6.83. The second-order valence-electron chi connectivity index (χ2n) is 2.76. The molecule has 0 spiro atoms. The number of aromatic hydroxyl groups is 1. The molecule has 2 rings (SSSR count). The molecule has 0 aliphatic heterocycles. The first kappa shape index (κ1) is 7.16. The number of benzene rings is 1. The molecule has 0 amide bonds. The topological polar surface area (TPSA) is 48.9 Å². The number of aryl methyl sites for hydroxylation is 1. The van der Waals surface area contributed by atoms with Crippen LogP contribution in [0, 0.1) is 0 Å². The summed E-state index contributed by atoms with van der Waals surface area (Å²) < 4.78 is 0. The van der Waals surface area contributed by atoms with Gasteiger partial charge >= 0.3 is 0 Å². The van der Waals surface area contributed by atoms with Gasteiger partial charge in [-0.15, -0.1) is 0 Å². The first-order valence-electron chi connectivity index (χ1n) is 3.97. The van der Waals surface area contributed by atoms with Gasteiger partial charge in [0.2, 0.25) is 0 Å². The molecule has 0 unspecified atom stereocenters. The lowest BCUT2D eigenvalue weighted by Gasteiger charge is -2.00. The highest BCUT2D eigenvalue weighted by Crippen LogP contribution is 2.26. The van der Waals surface area contributed by atoms with Crippen LogP contribution in [0.3, 0.4) is 0 Å². The van der Waals surface area contributed by atoms with Gasteiger partial charge in [0.1, 0.15) is 11.3 Å². The van der Waals surface area contributed by atoms with Crippen molar-refractivity contribution in [2.45, 2.75) is 13.3 Å². The minimum Gasteiger partial charge on any atom is -0.505 e. The quantitative estimate of drug-likeness (QED) is 0.672. The van der Waals surface area contributed by atoms with Crippen molar-refractivity contribution in [2.24, 2.45) is 0 Å². The lowest BCUT2D eigenvalue weighted by molar-refractivity contribution is 0.474. The van der Waals surface area contributed by atoms with E-state index in [1.807, 2.05) is 19.1 Å². The number of hydrogen-bond acceptors (Lipinski definition) is 2. The largest absolute Gasteiger partial charge is 0.505 e. The van der Waals surface area contributed by atoms with Crippen LogP contribution in [0.2, 0.25) is 0 Å². The van der Waals surface area contributed by atoms with Crippen molar-refractivity contribution < 1.29 is 5.11 Å². The van der Waals surface area contributed by atoms with E-state index in [9.17, 15) is 5.11 Å². The van der Waals surface area contributed by atoms with E-state index in [0.29, 0.717) is 5.75 Å². The normalized spacial score (nSPS) is 10.8. The second kappa shape index (κ2) is 2.52. The molecule has 0 aliphatic rings. The Morgan fingerprint density at radius 2 is 2.33 bits per heavy atom. The van der Waals surface area contributed by atoms with Gasteiger partial charge in [-0.3, -0.25) is 5.10 Å². The molecule has 0 fully saturated rings. The first-order chi connectivity index (χ1) is 5.83. The summed E-state index contributed by atoms with van der Waals surface area (Å²) >= 11 is 0. The van der Waals surface area contributed by atoms with Gasteiger partial charge in [-0.25, -0.2) is 0 Å². The Kier molecular flexibility index (Phi) is 1.50. The number of hydrogen-bond donors (Lipinski definition) is 2. The average molecular weight is 162 g/mol. The summed E-state index contributed by atoms with van der Waals surface area (Å²) in [6, 6.07) is 3.88. The van der Waals surface area contributed by atoms with Crippen molar-refractivity contribution in [2.75, 3.05) is 0 Å². The Morgan fingerprint density at radius 3 is 3.08 bits per heavy atom. The predicted octanol–water partition coefficient (Wildman–Crippen LogP) is 1.83. The summed E-state index contributed by atoms with van der Waals surface area (Å²) in [6.45, 7) is 2.01. The van der Waals surface area contributed by atoms with Crippen molar-refractivity contribution in [3.63, 3.8) is 0 Å². The maximum absolute atomic E-state index is 9.67. The molecule has 0 saturated carbocycles. The number of phenolic OH excluding ortho intramolecular Hbond substituents is 1. The van der Waals surface area contributed by atoms with E-state index in [0.717, 1.165) is 22.9 Å². The molecule has 0 radical (unpaired) electrons. The average Bonchev–Trinajstić information content (AvgIpc) is 2.53. The van der Waals surface area contributed by atoms with Crippen molar-refractivity contribution in [1.29, 1.82) is 0 Å². The molecule has 12 heavy (non-hydrogen) atoms. The summed E-state index contributed by atoms with van der Waals surface area (Å²) in [7, 11) is 0. The van der Waals surface area contributed by atoms with Crippen molar-refractivity contribution in [3.8, 4) is 5.75 Å². The second-order valence-corrected chi connectivity index (χ2v) is 2.76. The number of phenols is 1. The molecule has 3 nitrogen and oxygen atoms in total. The molecule has 1 aromatic heterocycles. The smallest absolute Gasteiger partial charge is 0.144 e. The Labute approximate surface area is 70.0 Å². The van der Waals surface area contributed by atoms with Gasteiger partial charge in [0.25, 0.3) is 0 Å². The van der Waals surface area contributed by atoms with E-state index >= 15 is 0 Å². The SMILES string of the molecule is CCc1ccc2cn[nH]c2c1O. The number of fused-ring (bicyclic) bond motifs is 1. The van der Waals surface area contributed by atoms with E-state index in [-0.39, 0.29) is 0 Å². The minimum atomic E-state index is 0.326. The molecule has 0 bridgehead atoms. The van der Waals surface area contributed by atoms with Crippen LogP contribution in [-0.4, -0.2) is 15.3 Å². The molecule has 62 valence electrons. The van der Waals surface area contributed by atoms with Crippen molar-refractivity contribution in [3.05, 3.63) is 23.9 Å². The fourth-order valence-electron chi connectivity index (χ4n) is 1.33. The van der Waals surface area contributed by atoms with Gasteiger partial charge in [-0.2, -0.15) is 5.10 Å². The third-order valence-corrected chi connectivity index (χ3v) is 2.05. The molecule has 0 saturated heterocycles. The van der Waals surface area contributed by atoms with Crippen LogP contribution >= 0.6 is 0 Å². The molecule has 0 aliphatic carbocycles. The summed E-state index contributed by atoms with van der Waals surface area (Å²) in [4.78, 5) is 0. The van der Waals surface area contributed by atoms with Gasteiger partial charge in [-0.1, -0.05) is 19.1 Å². The van der Waals surface area contributed by atoms with Crippen LogP contribution in [0.25, 0.3) is 10.9 Å². The van der Waals surface area contributed by atoms with E-state index in [4.69, 9.17) is 0 Å². The number of nitrogens with zero attached hydrogens (tertiary/aromatic N) is 1. The highest BCUT2D eigenvalue weighted by Gasteiger charge is 2.05. The van der Waals surface area contributed by atoms with Crippen LogP contribution in [0.15, 0.2) is 18.3 Å². The van der Waals surface area contributed by atoms with E-state index in [1.54, 1.807) is 6.20 Å². The summed E-state index contributed by atoms with van der Waals surface area (Å²) in [5.74, 6) is 0.326. The Hall–Kier alpha value is -1.51. The van der Waals surface area contributed by atoms with Crippen molar-refractivity contribution in [1.82, 2.24) is 10.2 Å². The number of aromatic nitrogens is 2. The molecule has 2 N–H and O–H groups in total. The monoisotopic (exact) mass is 162 g/mol. The number of H-pyrrole nitrogens is 1. The molecule has 3 heteroatoms. The highest BCUT2D eigenvalue weighted by atomic mass is 16.3. The maximum atomic E-state index is 9.67. The lowest BCUT2D eigenvalue weighted by Crippen LogP contribution is -1.81. The van der Waals surface area contributed by atoms with Gasteiger partial charge < -0.3 is 5.11 Å². The van der Waals surface area contributed by atoms with Crippen LogP contribution in [0.5, 0.6) is 5.75 Å².